The van der Waals surface area contributed by atoms with Crippen LogP contribution in [0.4, 0.5) is 0 Å². The van der Waals surface area contributed by atoms with Gasteiger partial charge in [0.2, 0.25) is 0 Å². The van der Waals surface area contributed by atoms with Gasteiger partial charge in [0, 0.05) is 42.9 Å². The molecule has 1 N–H and O–H groups in total. The van der Waals surface area contributed by atoms with Crippen LogP contribution in [0.15, 0.2) is 35.3 Å². The van der Waals surface area contributed by atoms with Crippen molar-refractivity contribution in [2.75, 3.05) is 13.2 Å². The van der Waals surface area contributed by atoms with Gasteiger partial charge >= 0.3 is 5.97 Å². The van der Waals surface area contributed by atoms with Crippen LogP contribution in [-0.2, 0) is 11.2 Å². The minimum Gasteiger partial charge on any atom is -0.477 e. The standard InChI is InChI=1S/C25H27NO4/c1-25(2,3)23-10-18-16-6-4-5-15(14-7-8-30-13-14)17(16)9-19(18)21-11-22(27)20(24(28)29)12-26(21)23/h4-6,11-12,14,23H,7-10,13H2,1-3H3,(H,28,29)/t14?,23-/m0/s1. The molecule has 0 radical (unpaired) electrons. The van der Waals surface area contributed by atoms with Gasteiger partial charge in [-0.2, -0.15) is 0 Å². The maximum atomic E-state index is 12.6. The van der Waals surface area contributed by atoms with Gasteiger partial charge in [-0.3, -0.25) is 4.79 Å². The monoisotopic (exact) mass is 405 g/mol. The Morgan fingerprint density at radius 2 is 2.03 bits per heavy atom. The Bertz CT molecular complexity index is 1140. The number of benzene rings is 1. The van der Waals surface area contributed by atoms with Crippen molar-refractivity contribution in [2.24, 2.45) is 5.41 Å². The second kappa shape index (κ2) is 6.67. The summed E-state index contributed by atoms with van der Waals surface area (Å²) in [5.41, 5.74) is 6.71. The summed E-state index contributed by atoms with van der Waals surface area (Å²) in [6.45, 7) is 8.10. The van der Waals surface area contributed by atoms with E-state index in [1.165, 1.54) is 27.8 Å². The number of hydrogen-bond donors (Lipinski definition) is 1. The molecule has 1 aromatic heterocycles. The Labute approximate surface area is 176 Å². The van der Waals surface area contributed by atoms with Crippen molar-refractivity contribution >= 4 is 17.1 Å². The summed E-state index contributed by atoms with van der Waals surface area (Å²) in [5.74, 6) is -0.739. The number of hydrogen-bond acceptors (Lipinski definition) is 3. The van der Waals surface area contributed by atoms with E-state index < -0.39 is 11.4 Å². The smallest absolute Gasteiger partial charge is 0.341 e. The Balaban J connectivity index is 1.69. The molecule has 3 aliphatic rings. The lowest BCUT2D eigenvalue weighted by molar-refractivity contribution is 0.0693. The lowest BCUT2D eigenvalue weighted by Crippen LogP contribution is -2.32. The molecule has 1 unspecified atom stereocenters. The Hall–Kier alpha value is -2.66. The number of rotatable bonds is 2. The van der Waals surface area contributed by atoms with Crippen molar-refractivity contribution in [1.82, 2.24) is 4.57 Å². The highest BCUT2D eigenvalue weighted by Gasteiger charge is 2.38. The highest BCUT2D eigenvalue weighted by atomic mass is 16.5. The number of fused-ring (bicyclic) bond motifs is 4. The first-order valence-corrected chi connectivity index (χ1v) is 10.7. The SMILES string of the molecule is CC(C)(C)[C@@H]1CC2=C(Cc3c2cccc3C2CCOC2)c2cc(=O)c(C(=O)O)cn21. The molecule has 0 saturated carbocycles. The van der Waals surface area contributed by atoms with Crippen LogP contribution in [-0.4, -0.2) is 28.9 Å². The van der Waals surface area contributed by atoms with Crippen molar-refractivity contribution in [2.45, 2.75) is 52.0 Å². The van der Waals surface area contributed by atoms with Crippen LogP contribution in [0.25, 0.3) is 11.1 Å². The fourth-order valence-electron chi connectivity index (χ4n) is 5.40. The molecular formula is C25H27NO4. The number of carbonyl (C=O) groups is 1. The molecule has 156 valence electrons. The summed E-state index contributed by atoms with van der Waals surface area (Å²) in [4.78, 5) is 24.2. The minimum absolute atomic E-state index is 0.0781. The number of nitrogens with zero attached hydrogens (tertiary/aromatic N) is 1. The van der Waals surface area contributed by atoms with Crippen LogP contribution in [0.3, 0.4) is 0 Å². The van der Waals surface area contributed by atoms with Crippen LogP contribution in [0, 0.1) is 5.41 Å². The van der Waals surface area contributed by atoms with E-state index in [1.807, 2.05) is 4.57 Å². The maximum absolute atomic E-state index is 12.6. The molecular weight excluding hydrogens is 378 g/mol. The predicted octanol–water partition coefficient (Wildman–Crippen LogP) is 4.51. The third-order valence-corrected chi connectivity index (χ3v) is 6.98. The van der Waals surface area contributed by atoms with Crippen LogP contribution in [0.1, 0.15) is 78.3 Å². The zero-order valence-electron chi connectivity index (χ0n) is 17.7. The number of allylic oxidation sites excluding steroid dienone is 2. The van der Waals surface area contributed by atoms with Crippen LogP contribution < -0.4 is 5.43 Å². The Morgan fingerprint density at radius 3 is 2.70 bits per heavy atom. The first-order chi connectivity index (χ1) is 14.3. The highest BCUT2D eigenvalue weighted by molar-refractivity contribution is 5.98. The summed E-state index contributed by atoms with van der Waals surface area (Å²) in [6, 6.07) is 8.19. The molecule has 2 aliphatic heterocycles. The van der Waals surface area contributed by atoms with Crippen LogP contribution in [0.2, 0.25) is 0 Å². The molecule has 0 bridgehead atoms. The van der Waals surface area contributed by atoms with Gasteiger partial charge in [0.15, 0.2) is 5.43 Å². The first-order valence-electron chi connectivity index (χ1n) is 10.7. The largest absolute Gasteiger partial charge is 0.477 e. The van der Waals surface area contributed by atoms with Gasteiger partial charge in [0.05, 0.1) is 6.61 Å². The quantitative estimate of drug-likeness (QED) is 0.798. The second-order valence-electron chi connectivity index (χ2n) is 9.80. The van der Waals surface area contributed by atoms with E-state index in [0.717, 1.165) is 38.2 Å². The topological polar surface area (TPSA) is 68.5 Å². The van der Waals surface area contributed by atoms with Crippen LogP contribution >= 0.6 is 0 Å². The van der Waals surface area contributed by atoms with Crippen LogP contribution in [0.5, 0.6) is 0 Å². The van der Waals surface area contributed by atoms with E-state index in [4.69, 9.17) is 4.74 Å². The molecule has 1 aliphatic carbocycles. The minimum atomic E-state index is -1.17. The number of aromatic nitrogens is 1. The molecule has 30 heavy (non-hydrogen) atoms. The van der Waals surface area contributed by atoms with E-state index in [0.29, 0.717) is 5.92 Å². The van der Waals surface area contributed by atoms with Gasteiger partial charge in [0.1, 0.15) is 5.56 Å². The predicted molar refractivity (Wildman–Crippen MR) is 116 cm³/mol. The Kier molecular flexibility index (Phi) is 4.30. The zero-order chi connectivity index (χ0) is 21.2. The van der Waals surface area contributed by atoms with Crippen molar-refractivity contribution < 1.29 is 14.6 Å². The average Bonchev–Trinajstić information content (AvgIpc) is 3.33. The normalized spacial score (nSPS) is 22.6. The van der Waals surface area contributed by atoms with Gasteiger partial charge < -0.3 is 14.4 Å². The summed E-state index contributed by atoms with van der Waals surface area (Å²) in [5, 5.41) is 9.51. The van der Waals surface area contributed by atoms with Gasteiger partial charge in [0.25, 0.3) is 0 Å². The highest BCUT2D eigenvalue weighted by Crippen LogP contribution is 2.51. The maximum Gasteiger partial charge on any atom is 0.341 e. The molecule has 2 atom stereocenters. The van der Waals surface area contributed by atoms with Crippen molar-refractivity contribution in [3.63, 3.8) is 0 Å². The van der Waals surface area contributed by atoms with Crippen molar-refractivity contribution in [1.29, 1.82) is 0 Å². The summed E-state index contributed by atoms with van der Waals surface area (Å²) in [6.07, 6.45) is 4.24. The van der Waals surface area contributed by atoms with Crippen molar-refractivity contribution in [3.05, 3.63) is 68.6 Å². The molecule has 1 fully saturated rings. The van der Waals surface area contributed by atoms with Gasteiger partial charge in [-0.05, 0) is 46.1 Å². The fraction of sp³-hybridized carbons (Fsp3) is 0.440. The third kappa shape index (κ3) is 2.87. The van der Waals surface area contributed by atoms with Gasteiger partial charge in [-0.1, -0.05) is 39.0 Å². The van der Waals surface area contributed by atoms with Crippen molar-refractivity contribution in [3.8, 4) is 0 Å². The van der Waals surface area contributed by atoms with E-state index >= 15 is 0 Å². The molecule has 1 aromatic carbocycles. The zero-order valence-corrected chi connectivity index (χ0v) is 17.7. The fourth-order valence-corrected chi connectivity index (χ4v) is 5.40. The van der Waals surface area contributed by atoms with E-state index in [-0.39, 0.29) is 17.0 Å². The lowest BCUT2D eigenvalue weighted by Gasteiger charge is -2.39. The summed E-state index contributed by atoms with van der Waals surface area (Å²) >= 11 is 0. The van der Waals surface area contributed by atoms with Gasteiger partial charge in [-0.15, -0.1) is 0 Å². The molecule has 3 heterocycles. The van der Waals surface area contributed by atoms with E-state index in [1.54, 1.807) is 12.3 Å². The Morgan fingerprint density at radius 1 is 1.23 bits per heavy atom. The average molecular weight is 405 g/mol. The summed E-state index contributed by atoms with van der Waals surface area (Å²) < 4.78 is 7.69. The molecule has 5 heteroatoms. The molecule has 1 saturated heterocycles. The number of pyridine rings is 1. The molecule has 5 nitrogen and oxygen atoms in total. The molecule has 0 amide bonds. The lowest BCUT2D eigenvalue weighted by atomic mass is 9.78. The van der Waals surface area contributed by atoms with Gasteiger partial charge in [-0.25, -0.2) is 4.79 Å². The molecule has 2 aromatic rings. The number of ether oxygens (including phenoxy) is 1. The number of carboxylic acid groups (broad SMARTS) is 1. The second-order valence-corrected chi connectivity index (χ2v) is 9.80. The first kappa shape index (κ1) is 19.3. The van der Waals surface area contributed by atoms with E-state index in [2.05, 4.69) is 39.0 Å². The molecule has 5 rings (SSSR count). The summed E-state index contributed by atoms with van der Waals surface area (Å²) in [7, 11) is 0. The van der Waals surface area contributed by atoms with E-state index in [9.17, 15) is 14.7 Å². The molecule has 0 spiro atoms. The number of aromatic carboxylic acids is 1. The number of carboxylic acids is 1. The third-order valence-electron chi connectivity index (χ3n) is 6.98.